The summed E-state index contributed by atoms with van der Waals surface area (Å²) in [6.07, 6.45) is 0. The van der Waals surface area contributed by atoms with Crippen LogP contribution < -0.4 is 0 Å². The van der Waals surface area contributed by atoms with E-state index in [4.69, 9.17) is 0 Å². The largest absolute Gasteiger partial charge is 0.0616 e. The molecule has 0 spiro atoms. The van der Waals surface area contributed by atoms with E-state index in [-0.39, 0.29) is 0 Å². The van der Waals surface area contributed by atoms with Crippen LogP contribution in [-0.2, 0) is 0 Å². The molecule has 0 amide bonds. The minimum Gasteiger partial charge on any atom is -0.0616 e. The van der Waals surface area contributed by atoms with E-state index in [1.165, 1.54) is 38.2 Å². The number of rotatable bonds is 1. The van der Waals surface area contributed by atoms with Crippen molar-refractivity contribution in [3.63, 3.8) is 0 Å². The molecule has 0 radical (unpaired) electrons. The fourth-order valence-electron chi connectivity index (χ4n) is 3.03. The smallest absolute Gasteiger partial charge is 0.00990 e. The molecule has 21 heavy (non-hydrogen) atoms. The van der Waals surface area contributed by atoms with E-state index in [1.54, 1.807) is 0 Å². The Labute approximate surface area is 124 Å². The van der Waals surface area contributed by atoms with Crippen LogP contribution >= 0.6 is 0 Å². The van der Waals surface area contributed by atoms with Gasteiger partial charge in [0.1, 0.15) is 0 Å². The van der Waals surface area contributed by atoms with Gasteiger partial charge in [0, 0.05) is 0 Å². The summed E-state index contributed by atoms with van der Waals surface area (Å²) in [6, 6.07) is 28.4. The zero-order valence-corrected chi connectivity index (χ0v) is 12.0. The molecule has 0 heteroatoms. The van der Waals surface area contributed by atoms with E-state index in [1.807, 2.05) is 0 Å². The highest BCUT2D eigenvalue weighted by atomic mass is 14.1. The lowest BCUT2D eigenvalue weighted by Gasteiger charge is -2.11. The monoisotopic (exact) mass is 268 g/mol. The summed E-state index contributed by atoms with van der Waals surface area (Å²) in [7, 11) is 0. The van der Waals surface area contributed by atoms with Crippen LogP contribution in [0.1, 0.15) is 5.56 Å². The first-order chi connectivity index (χ1) is 10.3. The summed E-state index contributed by atoms with van der Waals surface area (Å²) in [5.41, 5.74) is 3.88. The van der Waals surface area contributed by atoms with Crippen LogP contribution in [0.2, 0.25) is 0 Å². The summed E-state index contributed by atoms with van der Waals surface area (Å²) in [4.78, 5) is 0. The van der Waals surface area contributed by atoms with Crippen molar-refractivity contribution in [3.05, 3.63) is 84.4 Å². The van der Waals surface area contributed by atoms with Crippen LogP contribution in [0, 0.1) is 6.92 Å². The van der Waals surface area contributed by atoms with Crippen molar-refractivity contribution in [1.82, 2.24) is 0 Å². The molecule has 0 aliphatic rings. The lowest BCUT2D eigenvalue weighted by Crippen LogP contribution is -1.84. The van der Waals surface area contributed by atoms with Gasteiger partial charge >= 0.3 is 0 Å². The standard InChI is InChI=1S/C21H16/c1-15-10-12-16(13-11-15)21-14-17-6-2-3-7-18(17)19-8-4-5-9-20(19)21/h2-14H,1H3. The molecule has 4 rings (SSSR count). The van der Waals surface area contributed by atoms with Gasteiger partial charge in [-0.25, -0.2) is 0 Å². The van der Waals surface area contributed by atoms with Crippen molar-refractivity contribution in [2.75, 3.05) is 0 Å². The van der Waals surface area contributed by atoms with Gasteiger partial charge in [0.05, 0.1) is 0 Å². The third kappa shape index (κ3) is 2.00. The van der Waals surface area contributed by atoms with E-state index in [0.717, 1.165) is 0 Å². The minimum absolute atomic E-state index is 1.28. The molecule has 0 nitrogen and oxygen atoms in total. The quantitative estimate of drug-likeness (QED) is 0.373. The van der Waals surface area contributed by atoms with E-state index < -0.39 is 0 Å². The van der Waals surface area contributed by atoms with Gasteiger partial charge in [-0.15, -0.1) is 0 Å². The molecule has 0 unspecified atom stereocenters. The number of aryl methyl sites for hydroxylation is 1. The fraction of sp³-hybridized carbons (Fsp3) is 0.0476. The molecule has 0 bridgehead atoms. The highest BCUT2D eigenvalue weighted by molar-refractivity contribution is 6.13. The number of hydrogen-bond acceptors (Lipinski definition) is 0. The average molecular weight is 268 g/mol. The molecule has 0 aromatic heterocycles. The Morgan fingerprint density at radius 3 is 1.95 bits per heavy atom. The van der Waals surface area contributed by atoms with Crippen molar-refractivity contribution >= 4 is 21.5 Å². The molecule has 4 aromatic carbocycles. The topological polar surface area (TPSA) is 0 Å². The molecule has 0 aliphatic carbocycles. The van der Waals surface area contributed by atoms with Gasteiger partial charge in [-0.2, -0.15) is 0 Å². The lowest BCUT2D eigenvalue weighted by atomic mass is 9.93. The van der Waals surface area contributed by atoms with Crippen LogP contribution in [0.15, 0.2) is 78.9 Å². The van der Waals surface area contributed by atoms with Gasteiger partial charge < -0.3 is 0 Å². The molecule has 0 fully saturated rings. The Morgan fingerprint density at radius 1 is 0.571 bits per heavy atom. The predicted molar refractivity (Wildman–Crippen MR) is 91.6 cm³/mol. The summed E-state index contributed by atoms with van der Waals surface area (Å²) in [5, 5.41) is 5.27. The summed E-state index contributed by atoms with van der Waals surface area (Å²) in [6.45, 7) is 2.13. The Bertz CT molecular complexity index is 931. The highest BCUT2D eigenvalue weighted by Crippen LogP contribution is 2.34. The van der Waals surface area contributed by atoms with E-state index in [2.05, 4.69) is 85.8 Å². The molecule has 0 saturated heterocycles. The van der Waals surface area contributed by atoms with Crippen molar-refractivity contribution in [2.24, 2.45) is 0 Å². The third-order valence-corrected chi connectivity index (χ3v) is 4.13. The second-order valence-electron chi connectivity index (χ2n) is 5.56. The zero-order valence-electron chi connectivity index (χ0n) is 12.0. The van der Waals surface area contributed by atoms with Gasteiger partial charge in [0.25, 0.3) is 0 Å². The molecule has 0 aliphatic heterocycles. The van der Waals surface area contributed by atoms with Crippen molar-refractivity contribution in [2.45, 2.75) is 6.92 Å². The second-order valence-corrected chi connectivity index (χ2v) is 5.56. The van der Waals surface area contributed by atoms with Crippen LogP contribution in [0.4, 0.5) is 0 Å². The number of fused-ring (bicyclic) bond motifs is 3. The highest BCUT2D eigenvalue weighted by Gasteiger charge is 2.07. The first kappa shape index (κ1) is 12.2. The number of benzene rings is 4. The summed E-state index contributed by atoms with van der Waals surface area (Å²) in [5.74, 6) is 0. The maximum absolute atomic E-state index is 2.31. The van der Waals surface area contributed by atoms with Gasteiger partial charge in [0.15, 0.2) is 0 Å². The van der Waals surface area contributed by atoms with Crippen molar-refractivity contribution in [3.8, 4) is 11.1 Å². The molecule has 0 atom stereocenters. The lowest BCUT2D eigenvalue weighted by molar-refractivity contribution is 1.47. The zero-order chi connectivity index (χ0) is 14.2. The van der Waals surface area contributed by atoms with E-state index in [0.29, 0.717) is 0 Å². The maximum Gasteiger partial charge on any atom is -0.00990 e. The van der Waals surface area contributed by atoms with Crippen molar-refractivity contribution < 1.29 is 0 Å². The molecular formula is C21H16. The van der Waals surface area contributed by atoms with Crippen LogP contribution in [0.25, 0.3) is 32.7 Å². The molecule has 0 saturated carbocycles. The first-order valence-corrected chi connectivity index (χ1v) is 7.30. The molecular weight excluding hydrogens is 252 g/mol. The maximum atomic E-state index is 2.31. The summed E-state index contributed by atoms with van der Waals surface area (Å²) < 4.78 is 0. The predicted octanol–water partition coefficient (Wildman–Crippen LogP) is 5.97. The van der Waals surface area contributed by atoms with Crippen LogP contribution in [-0.4, -0.2) is 0 Å². The van der Waals surface area contributed by atoms with Gasteiger partial charge in [-0.1, -0.05) is 78.4 Å². The van der Waals surface area contributed by atoms with Crippen LogP contribution in [0.5, 0.6) is 0 Å². The first-order valence-electron chi connectivity index (χ1n) is 7.30. The summed E-state index contributed by atoms with van der Waals surface area (Å²) >= 11 is 0. The van der Waals surface area contributed by atoms with Crippen molar-refractivity contribution in [1.29, 1.82) is 0 Å². The molecule has 4 aromatic rings. The minimum atomic E-state index is 1.28. The fourth-order valence-corrected chi connectivity index (χ4v) is 3.03. The third-order valence-electron chi connectivity index (χ3n) is 4.13. The Morgan fingerprint density at radius 2 is 1.19 bits per heavy atom. The van der Waals surface area contributed by atoms with E-state index in [9.17, 15) is 0 Å². The molecule has 100 valence electrons. The normalized spacial score (nSPS) is 11.1. The van der Waals surface area contributed by atoms with Crippen LogP contribution in [0.3, 0.4) is 0 Å². The molecule has 0 N–H and O–H groups in total. The van der Waals surface area contributed by atoms with Gasteiger partial charge in [-0.3, -0.25) is 0 Å². The second kappa shape index (κ2) is 4.75. The average Bonchev–Trinajstić information content (AvgIpc) is 2.55. The molecule has 0 heterocycles. The van der Waals surface area contributed by atoms with Gasteiger partial charge in [-0.05, 0) is 45.7 Å². The Hall–Kier alpha value is -2.60. The SMILES string of the molecule is Cc1ccc(-c2cc3ccccc3c3ccccc23)cc1. The van der Waals surface area contributed by atoms with E-state index >= 15 is 0 Å². The van der Waals surface area contributed by atoms with Gasteiger partial charge in [0.2, 0.25) is 0 Å². The Kier molecular flexibility index (Phi) is 2.75. The number of hydrogen-bond donors (Lipinski definition) is 0. The Balaban J connectivity index is 2.13.